The van der Waals surface area contributed by atoms with Crippen LogP contribution >= 0.6 is 0 Å². The number of carbonyl (C=O) groups is 1. The van der Waals surface area contributed by atoms with Crippen molar-refractivity contribution in [3.63, 3.8) is 0 Å². The lowest BCUT2D eigenvalue weighted by molar-refractivity contribution is -0.118. The summed E-state index contributed by atoms with van der Waals surface area (Å²) in [6.07, 6.45) is 0.600. The summed E-state index contributed by atoms with van der Waals surface area (Å²) < 4.78 is 0. The van der Waals surface area contributed by atoms with Gasteiger partial charge in [-0.25, -0.2) is 0 Å². The van der Waals surface area contributed by atoms with Crippen LogP contribution in [-0.4, -0.2) is 50.1 Å². The molecule has 0 aromatic heterocycles. The van der Waals surface area contributed by atoms with Gasteiger partial charge in [0.25, 0.3) is 0 Å². The summed E-state index contributed by atoms with van der Waals surface area (Å²) in [5.74, 6) is 0.215. The predicted molar refractivity (Wildman–Crippen MR) is 78.4 cm³/mol. The highest BCUT2D eigenvalue weighted by Crippen LogP contribution is 2.14. The number of carbonyl (C=O) groups excluding carboxylic acids is 1. The minimum absolute atomic E-state index is 0.215. The largest absolute Gasteiger partial charge is 0.314 e. The molecule has 2 rings (SSSR count). The van der Waals surface area contributed by atoms with Crippen molar-refractivity contribution in [2.75, 3.05) is 44.2 Å². The van der Waals surface area contributed by atoms with Crippen molar-refractivity contribution in [3.8, 4) is 0 Å². The second-order valence-electron chi connectivity index (χ2n) is 4.82. The number of amides is 1. The van der Waals surface area contributed by atoms with E-state index in [1.54, 1.807) is 0 Å². The Hall–Kier alpha value is -1.39. The number of anilines is 1. The molecule has 0 unspecified atom stereocenters. The number of rotatable bonds is 5. The van der Waals surface area contributed by atoms with Crippen LogP contribution in [0, 0.1) is 0 Å². The van der Waals surface area contributed by atoms with Crippen molar-refractivity contribution in [2.45, 2.75) is 13.3 Å². The zero-order valence-electron chi connectivity index (χ0n) is 11.6. The lowest BCUT2D eigenvalue weighted by Gasteiger charge is -2.28. The lowest BCUT2D eigenvalue weighted by atomic mass is 10.2. The average molecular weight is 261 g/mol. The molecule has 0 spiro atoms. The molecule has 4 heteroatoms. The van der Waals surface area contributed by atoms with Crippen molar-refractivity contribution in [2.24, 2.45) is 0 Å². The van der Waals surface area contributed by atoms with Gasteiger partial charge in [0.15, 0.2) is 0 Å². The van der Waals surface area contributed by atoms with E-state index in [9.17, 15) is 4.79 Å². The summed E-state index contributed by atoms with van der Waals surface area (Å²) in [4.78, 5) is 16.5. The smallest absolute Gasteiger partial charge is 0.228 e. The first-order valence-electron chi connectivity index (χ1n) is 7.09. The number of nitrogens with zero attached hydrogens (tertiary/aromatic N) is 2. The van der Waals surface area contributed by atoms with E-state index in [2.05, 4.69) is 10.2 Å². The van der Waals surface area contributed by atoms with Gasteiger partial charge in [-0.15, -0.1) is 0 Å². The third-order valence-corrected chi connectivity index (χ3v) is 3.54. The van der Waals surface area contributed by atoms with Crippen LogP contribution in [0.5, 0.6) is 0 Å². The maximum absolute atomic E-state index is 12.3. The number of para-hydroxylation sites is 1. The second kappa shape index (κ2) is 7.26. The average Bonchev–Trinajstić information content (AvgIpc) is 2.48. The van der Waals surface area contributed by atoms with E-state index >= 15 is 0 Å². The summed E-state index contributed by atoms with van der Waals surface area (Å²) in [7, 11) is 0. The fourth-order valence-electron chi connectivity index (χ4n) is 2.43. The standard InChI is InChI=1S/C15H23N3O/c1-2-18(14-6-4-3-5-7-14)15(19)8-11-17-12-9-16-10-13-17/h3-7,16H,2,8-13H2,1H3. The zero-order chi connectivity index (χ0) is 13.5. The van der Waals surface area contributed by atoms with Gasteiger partial charge < -0.3 is 15.1 Å². The molecule has 1 saturated heterocycles. The molecule has 0 bridgehead atoms. The Balaban J connectivity index is 1.86. The summed E-state index contributed by atoms with van der Waals surface area (Å²) in [5.41, 5.74) is 0.996. The number of piperazine rings is 1. The van der Waals surface area contributed by atoms with Crippen LogP contribution < -0.4 is 10.2 Å². The first kappa shape index (κ1) is 14.0. The van der Waals surface area contributed by atoms with E-state index < -0.39 is 0 Å². The monoisotopic (exact) mass is 261 g/mol. The van der Waals surface area contributed by atoms with Crippen LogP contribution in [0.1, 0.15) is 13.3 Å². The van der Waals surface area contributed by atoms with Gasteiger partial charge in [0, 0.05) is 51.4 Å². The van der Waals surface area contributed by atoms with Crippen LogP contribution in [0.25, 0.3) is 0 Å². The molecule has 1 N–H and O–H groups in total. The summed E-state index contributed by atoms with van der Waals surface area (Å²) in [5, 5.41) is 3.33. The molecular formula is C15H23N3O. The van der Waals surface area contributed by atoms with Crippen LogP contribution in [0.3, 0.4) is 0 Å². The Labute approximate surface area is 115 Å². The van der Waals surface area contributed by atoms with Crippen LogP contribution in [0.4, 0.5) is 5.69 Å². The molecule has 1 aliphatic heterocycles. The summed E-state index contributed by atoms with van der Waals surface area (Å²) >= 11 is 0. The number of nitrogens with one attached hydrogen (secondary N) is 1. The van der Waals surface area contributed by atoms with Gasteiger partial charge in [-0.2, -0.15) is 0 Å². The third-order valence-electron chi connectivity index (χ3n) is 3.54. The Morgan fingerprint density at radius 2 is 1.95 bits per heavy atom. The number of hydrogen-bond donors (Lipinski definition) is 1. The summed E-state index contributed by atoms with van der Waals surface area (Å²) in [6.45, 7) is 7.77. The highest BCUT2D eigenvalue weighted by molar-refractivity contribution is 5.93. The maximum atomic E-state index is 12.3. The van der Waals surface area contributed by atoms with Gasteiger partial charge in [-0.3, -0.25) is 4.79 Å². The second-order valence-corrected chi connectivity index (χ2v) is 4.82. The third kappa shape index (κ3) is 4.04. The molecule has 0 radical (unpaired) electrons. The quantitative estimate of drug-likeness (QED) is 0.868. The van der Waals surface area contributed by atoms with Crippen molar-refractivity contribution in [1.82, 2.24) is 10.2 Å². The molecule has 104 valence electrons. The molecule has 1 aromatic rings. The maximum Gasteiger partial charge on any atom is 0.228 e. The van der Waals surface area contributed by atoms with Gasteiger partial charge in [-0.05, 0) is 19.1 Å². The molecule has 4 nitrogen and oxygen atoms in total. The van der Waals surface area contributed by atoms with Gasteiger partial charge in [0.1, 0.15) is 0 Å². The van der Waals surface area contributed by atoms with Crippen LogP contribution in [-0.2, 0) is 4.79 Å². The van der Waals surface area contributed by atoms with Gasteiger partial charge in [0.2, 0.25) is 5.91 Å². The molecule has 1 heterocycles. The van der Waals surface area contributed by atoms with E-state index in [0.29, 0.717) is 6.42 Å². The topological polar surface area (TPSA) is 35.6 Å². The van der Waals surface area contributed by atoms with E-state index in [1.807, 2.05) is 42.2 Å². The van der Waals surface area contributed by atoms with Crippen molar-refractivity contribution < 1.29 is 4.79 Å². The normalized spacial score (nSPS) is 16.3. The molecule has 1 fully saturated rings. The first-order valence-corrected chi connectivity index (χ1v) is 7.09. The minimum atomic E-state index is 0.215. The van der Waals surface area contributed by atoms with E-state index in [-0.39, 0.29) is 5.91 Å². The Morgan fingerprint density at radius 3 is 2.58 bits per heavy atom. The minimum Gasteiger partial charge on any atom is -0.314 e. The Kier molecular flexibility index (Phi) is 5.36. The fourth-order valence-corrected chi connectivity index (χ4v) is 2.43. The Bertz CT molecular complexity index is 388. The van der Waals surface area contributed by atoms with E-state index in [0.717, 1.165) is 45.0 Å². The number of benzene rings is 1. The molecule has 0 atom stereocenters. The molecular weight excluding hydrogens is 238 g/mol. The molecule has 1 amide bonds. The summed E-state index contributed by atoms with van der Waals surface area (Å²) in [6, 6.07) is 9.91. The molecule has 1 aliphatic rings. The SMILES string of the molecule is CCN(C(=O)CCN1CCNCC1)c1ccccc1. The van der Waals surface area contributed by atoms with Crippen molar-refractivity contribution >= 4 is 11.6 Å². The molecule has 19 heavy (non-hydrogen) atoms. The van der Waals surface area contributed by atoms with E-state index in [4.69, 9.17) is 0 Å². The molecule has 1 aromatic carbocycles. The lowest BCUT2D eigenvalue weighted by Crippen LogP contribution is -2.45. The van der Waals surface area contributed by atoms with Crippen LogP contribution in [0.15, 0.2) is 30.3 Å². The van der Waals surface area contributed by atoms with Gasteiger partial charge in [-0.1, -0.05) is 18.2 Å². The first-order chi connectivity index (χ1) is 9.31. The predicted octanol–water partition coefficient (Wildman–Crippen LogP) is 1.33. The van der Waals surface area contributed by atoms with E-state index in [1.165, 1.54) is 0 Å². The van der Waals surface area contributed by atoms with Crippen LogP contribution in [0.2, 0.25) is 0 Å². The van der Waals surface area contributed by atoms with Gasteiger partial charge >= 0.3 is 0 Å². The Morgan fingerprint density at radius 1 is 1.26 bits per heavy atom. The zero-order valence-corrected chi connectivity index (χ0v) is 11.6. The highest BCUT2D eigenvalue weighted by atomic mass is 16.2. The number of hydrogen-bond acceptors (Lipinski definition) is 3. The highest BCUT2D eigenvalue weighted by Gasteiger charge is 2.16. The van der Waals surface area contributed by atoms with Crippen molar-refractivity contribution in [3.05, 3.63) is 30.3 Å². The van der Waals surface area contributed by atoms with Crippen molar-refractivity contribution in [1.29, 1.82) is 0 Å². The molecule has 0 aliphatic carbocycles. The molecule has 0 saturated carbocycles. The fraction of sp³-hybridized carbons (Fsp3) is 0.533. The van der Waals surface area contributed by atoms with Gasteiger partial charge in [0.05, 0.1) is 0 Å².